The smallest absolute Gasteiger partial charge is 0.322 e. The van der Waals surface area contributed by atoms with Gasteiger partial charge in [-0.05, 0) is 30.0 Å². The summed E-state index contributed by atoms with van der Waals surface area (Å²) in [5.74, 6) is -2.14. The van der Waals surface area contributed by atoms with Crippen LogP contribution in [-0.2, 0) is 17.9 Å². The molecule has 0 radical (unpaired) electrons. The number of hydrogen-bond acceptors (Lipinski definition) is 5. The molecule has 0 aliphatic rings. The van der Waals surface area contributed by atoms with E-state index in [4.69, 9.17) is 0 Å². The van der Waals surface area contributed by atoms with Crippen LogP contribution in [0, 0.1) is 11.6 Å². The summed E-state index contributed by atoms with van der Waals surface area (Å²) in [6.45, 7) is 1.83. The predicted molar refractivity (Wildman–Crippen MR) is 109 cm³/mol. The zero-order valence-corrected chi connectivity index (χ0v) is 16.7. The Morgan fingerprint density at radius 3 is 2.80 bits per heavy atom. The average molecular weight is 433 g/mol. The SMILES string of the molecule is CCCCn1c(=O)c2sccc2n2c(=O)n(CC(=O)Nc3cc(F)ccc3F)nc12. The number of nitrogens with one attached hydrogen (secondary N) is 1. The number of carbonyl (C=O) groups excluding carboxylic acids is 1. The van der Waals surface area contributed by atoms with E-state index in [0.717, 1.165) is 29.3 Å². The molecule has 1 amide bonds. The van der Waals surface area contributed by atoms with Gasteiger partial charge in [0.2, 0.25) is 11.7 Å². The number of aromatic nitrogens is 4. The van der Waals surface area contributed by atoms with E-state index >= 15 is 0 Å². The molecule has 156 valence electrons. The summed E-state index contributed by atoms with van der Waals surface area (Å²) in [6, 6.07) is 4.31. The standard InChI is InChI=1S/C19H17F2N5O3S/c1-2-3-7-24-17(28)16-14(6-8-30-16)26-18(24)23-25(19(26)29)10-15(27)22-13-9-11(20)4-5-12(13)21/h4-6,8-9H,2-3,7,10H2,1H3,(H,22,27). The number of rotatable bonds is 6. The number of thiophene rings is 1. The van der Waals surface area contributed by atoms with Crippen LogP contribution in [0.4, 0.5) is 14.5 Å². The van der Waals surface area contributed by atoms with Crippen molar-refractivity contribution in [2.24, 2.45) is 0 Å². The number of hydrogen-bond donors (Lipinski definition) is 1. The average Bonchev–Trinajstić information content (AvgIpc) is 3.30. The fourth-order valence-electron chi connectivity index (χ4n) is 3.17. The van der Waals surface area contributed by atoms with E-state index in [1.165, 1.54) is 20.3 Å². The number of carbonyl (C=O) groups is 1. The Bertz CT molecular complexity index is 1380. The second-order valence-corrected chi connectivity index (χ2v) is 7.61. The first kappa shape index (κ1) is 20.0. The fourth-order valence-corrected chi connectivity index (χ4v) is 4.00. The number of fused-ring (bicyclic) bond motifs is 3. The largest absolute Gasteiger partial charge is 0.352 e. The Labute approximate surface area is 172 Å². The van der Waals surface area contributed by atoms with Gasteiger partial charge in [-0.25, -0.2) is 22.7 Å². The molecule has 1 aromatic carbocycles. The molecule has 30 heavy (non-hydrogen) atoms. The highest BCUT2D eigenvalue weighted by Gasteiger charge is 2.19. The van der Waals surface area contributed by atoms with Crippen LogP contribution in [-0.4, -0.2) is 24.7 Å². The van der Waals surface area contributed by atoms with Gasteiger partial charge in [0.15, 0.2) is 0 Å². The third-order valence-electron chi connectivity index (χ3n) is 4.62. The van der Waals surface area contributed by atoms with Crippen LogP contribution in [0.15, 0.2) is 39.2 Å². The van der Waals surface area contributed by atoms with Crippen LogP contribution in [0.2, 0.25) is 0 Å². The molecule has 0 spiro atoms. The van der Waals surface area contributed by atoms with E-state index < -0.39 is 29.8 Å². The van der Waals surface area contributed by atoms with E-state index in [0.29, 0.717) is 23.2 Å². The molecule has 3 aromatic heterocycles. The molecule has 0 aliphatic heterocycles. The molecule has 0 fully saturated rings. The summed E-state index contributed by atoms with van der Waals surface area (Å²) in [6.07, 6.45) is 1.56. The number of nitrogens with zero attached hydrogens (tertiary/aromatic N) is 4. The van der Waals surface area contributed by atoms with Gasteiger partial charge in [-0.3, -0.25) is 14.2 Å². The lowest BCUT2D eigenvalue weighted by molar-refractivity contribution is -0.117. The first-order valence-electron chi connectivity index (χ1n) is 9.25. The molecule has 0 bridgehead atoms. The Morgan fingerprint density at radius 2 is 2.03 bits per heavy atom. The van der Waals surface area contributed by atoms with E-state index in [1.54, 1.807) is 11.4 Å². The molecular formula is C19H17F2N5O3S. The quantitative estimate of drug-likeness (QED) is 0.506. The van der Waals surface area contributed by atoms with Crippen LogP contribution >= 0.6 is 11.3 Å². The van der Waals surface area contributed by atoms with Crippen molar-refractivity contribution in [3.63, 3.8) is 0 Å². The van der Waals surface area contributed by atoms with Crippen LogP contribution in [0.3, 0.4) is 0 Å². The highest BCUT2D eigenvalue weighted by molar-refractivity contribution is 7.17. The van der Waals surface area contributed by atoms with Crippen molar-refractivity contribution in [1.82, 2.24) is 18.7 Å². The molecule has 0 unspecified atom stereocenters. The summed E-state index contributed by atoms with van der Waals surface area (Å²) in [5, 5.41) is 8.12. The van der Waals surface area contributed by atoms with Gasteiger partial charge in [-0.1, -0.05) is 13.3 Å². The Kier molecular flexibility index (Phi) is 5.20. The Hall–Kier alpha value is -3.34. The number of unbranched alkanes of at least 4 members (excludes halogenated alkanes) is 1. The van der Waals surface area contributed by atoms with E-state index in [2.05, 4.69) is 10.4 Å². The monoisotopic (exact) mass is 433 g/mol. The van der Waals surface area contributed by atoms with Crippen molar-refractivity contribution in [2.45, 2.75) is 32.9 Å². The van der Waals surface area contributed by atoms with Crippen molar-refractivity contribution in [2.75, 3.05) is 5.32 Å². The predicted octanol–water partition coefficient (Wildman–Crippen LogP) is 2.59. The molecule has 0 saturated carbocycles. The molecule has 4 aromatic rings. The molecule has 8 nitrogen and oxygen atoms in total. The number of halogens is 2. The zero-order valence-electron chi connectivity index (χ0n) is 15.9. The van der Waals surface area contributed by atoms with Gasteiger partial charge in [0.05, 0.1) is 11.2 Å². The maximum atomic E-state index is 13.8. The van der Waals surface area contributed by atoms with Crippen molar-refractivity contribution in [1.29, 1.82) is 0 Å². The van der Waals surface area contributed by atoms with E-state index in [-0.39, 0.29) is 17.0 Å². The van der Waals surface area contributed by atoms with Gasteiger partial charge in [-0.2, -0.15) is 0 Å². The minimum absolute atomic E-state index is 0.133. The number of anilines is 1. The zero-order chi connectivity index (χ0) is 21.4. The highest BCUT2D eigenvalue weighted by atomic mass is 32.1. The summed E-state index contributed by atoms with van der Waals surface area (Å²) < 4.78 is 31.1. The van der Waals surface area contributed by atoms with Crippen LogP contribution in [0.5, 0.6) is 0 Å². The fraction of sp³-hybridized carbons (Fsp3) is 0.263. The summed E-state index contributed by atoms with van der Waals surface area (Å²) in [4.78, 5) is 38.1. The van der Waals surface area contributed by atoms with E-state index in [1.807, 2.05) is 6.92 Å². The molecule has 4 rings (SSSR count). The van der Waals surface area contributed by atoms with Crippen molar-refractivity contribution >= 4 is 38.9 Å². The lowest BCUT2D eigenvalue weighted by Crippen LogP contribution is -2.29. The molecule has 1 N–H and O–H groups in total. The first-order valence-corrected chi connectivity index (χ1v) is 10.1. The third kappa shape index (κ3) is 3.41. The summed E-state index contributed by atoms with van der Waals surface area (Å²) in [5.41, 5.74) is -0.768. The lowest BCUT2D eigenvalue weighted by Gasteiger charge is -2.06. The molecule has 0 atom stereocenters. The Balaban J connectivity index is 1.76. The van der Waals surface area contributed by atoms with Gasteiger partial charge in [-0.15, -0.1) is 16.4 Å². The summed E-state index contributed by atoms with van der Waals surface area (Å²) >= 11 is 1.23. The van der Waals surface area contributed by atoms with Crippen molar-refractivity contribution in [3.8, 4) is 0 Å². The Morgan fingerprint density at radius 1 is 1.23 bits per heavy atom. The van der Waals surface area contributed by atoms with Gasteiger partial charge in [0, 0.05) is 12.6 Å². The van der Waals surface area contributed by atoms with Crippen LogP contribution < -0.4 is 16.6 Å². The van der Waals surface area contributed by atoms with Gasteiger partial charge < -0.3 is 5.32 Å². The highest BCUT2D eigenvalue weighted by Crippen LogP contribution is 2.18. The van der Waals surface area contributed by atoms with Gasteiger partial charge >= 0.3 is 5.69 Å². The summed E-state index contributed by atoms with van der Waals surface area (Å²) in [7, 11) is 0. The minimum atomic E-state index is -0.805. The minimum Gasteiger partial charge on any atom is -0.322 e. The van der Waals surface area contributed by atoms with Gasteiger partial charge in [0.25, 0.3) is 5.56 Å². The number of amides is 1. The second-order valence-electron chi connectivity index (χ2n) is 6.69. The first-order chi connectivity index (χ1) is 14.4. The molecular weight excluding hydrogens is 416 g/mol. The third-order valence-corrected chi connectivity index (χ3v) is 5.51. The number of benzene rings is 1. The maximum absolute atomic E-state index is 13.8. The van der Waals surface area contributed by atoms with Crippen LogP contribution in [0.1, 0.15) is 19.8 Å². The maximum Gasteiger partial charge on any atom is 0.352 e. The normalized spacial score (nSPS) is 11.4. The molecule has 0 saturated heterocycles. The molecule has 11 heteroatoms. The molecule has 3 heterocycles. The van der Waals surface area contributed by atoms with Gasteiger partial charge in [0.1, 0.15) is 22.9 Å². The van der Waals surface area contributed by atoms with Crippen molar-refractivity contribution in [3.05, 3.63) is 62.1 Å². The van der Waals surface area contributed by atoms with Crippen molar-refractivity contribution < 1.29 is 13.6 Å². The van der Waals surface area contributed by atoms with E-state index in [9.17, 15) is 23.2 Å². The van der Waals surface area contributed by atoms with Crippen LogP contribution in [0.25, 0.3) is 16.0 Å². The molecule has 0 aliphatic carbocycles. The topological polar surface area (TPSA) is 90.4 Å². The second kappa shape index (κ2) is 7.82. The lowest BCUT2D eigenvalue weighted by atomic mass is 10.3. The number of aryl methyl sites for hydroxylation is 1.